The second-order valence-electron chi connectivity index (χ2n) is 6.77. The first-order valence-corrected chi connectivity index (χ1v) is 7.11. The summed E-state index contributed by atoms with van der Waals surface area (Å²) in [6, 6.07) is 0. The summed E-state index contributed by atoms with van der Waals surface area (Å²) in [4.78, 5) is 12.3. The summed E-state index contributed by atoms with van der Waals surface area (Å²) in [6.45, 7) is 10.8. The number of methoxy groups -OCH3 is 1. The topological polar surface area (TPSA) is 26.3 Å². The fourth-order valence-corrected chi connectivity index (χ4v) is 4.38. The second kappa shape index (κ2) is 4.40. The minimum absolute atomic E-state index is 0.0715. The molecule has 2 heteroatoms. The summed E-state index contributed by atoms with van der Waals surface area (Å²) in [5.41, 5.74) is 0.843. The van der Waals surface area contributed by atoms with E-state index in [2.05, 4.69) is 20.4 Å². The van der Waals surface area contributed by atoms with E-state index in [1.165, 1.54) is 26.4 Å². The molecule has 0 spiro atoms. The van der Waals surface area contributed by atoms with E-state index in [4.69, 9.17) is 4.74 Å². The number of carbonyl (C=O) groups is 1. The van der Waals surface area contributed by atoms with Crippen LogP contribution in [0.3, 0.4) is 0 Å². The van der Waals surface area contributed by atoms with Gasteiger partial charge >= 0.3 is 5.97 Å². The van der Waals surface area contributed by atoms with Crippen molar-refractivity contribution in [2.75, 3.05) is 7.11 Å². The molecule has 0 aromatic carbocycles. The van der Waals surface area contributed by atoms with Crippen LogP contribution >= 0.6 is 0 Å². The maximum absolute atomic E-state index is 12.3. The summed E-state index contributed by atoms with van der Waals surface area (Å²) in [5.74, 6) is 1.28. The highest BCUT2D eigenvalue weighted by molar-refractivity contribution is 5.81. The third-order valence-corrected chi connectivity index (χ3v) is 5.92. The van der Waals surface area contributed by atoms with Crippen molar-refractivity contribution in [1.82, 2.24) is 0 Å². The molecule has 2 fully saturated rings. The summed E-state index contributed by atoms with van der Waals surface area (Å²) in [7, 11) is 1.50. The molecular weight excluding hydrogens is 224 g/mol. The molecule has 0 saturated heterocycles. The van der Waals surface area contributed by atoms with E-state index in [9.17, 15) is 4.79 Å². The van der Waals surface area contributed by atoms with Crippen LogP contribution in [0, 0.1) is 22.7 Å². The Kier molecular flexibility index (Phi) is 3.33. The maximum Gasteiger partial charge on any atom is 0.315 e. The predicted octanol–water partition coefficient (Wildman–Crippen LogP) is 3.96. The molecule has 0 heterocycles. The molecule has 2 rings (SSSR count). The molecule has 0 aliphatic heterocycles. The van der Waals surface area contributed by atoms with Crippen LogP contribution in [0.15, 0.2) is 12.2 Å². The largest absolute Gasteiger partial charge is 0.468 e. The first-order chi connectivity index (χ1) is 8.36. The zero-order valence-corrected chi connectivity index (χ0v) is 12.2. The summed E-state index contributed by atoms with van der Waals surface area (Å²) in [6.07, 6.45) is 5.71. The van der Waals surface area contributed by atoms with Gasteiger partial charge in [0, 0.05) is 0 Å². The van der Waals surface area contributed by atoms with Crippen molar-refractivity contribution in [3.8, 4) is 0 Å². The molecule has 0 unspecified atom stereocenters. The SMILES string of the molecule is C=C(C)[C@@]1(C(=O)OC)C[C@H]2CCC[C@H](C)[C@@]2(C)C1. The number of carbonyl (C=O) groups excluding carboxylic acids is 1. The van der Waals surface area contributed by atoms with Crippen molar-refractivity contribution < 1.29 is 9.53 Å². The Morgan fingerprint density at radius 1 is 1.39 bits per heavy atom. The molecule has 0 bridgehead atoms. The van der Waals surface area contributed by atoms with Gasteiger partial charge in [-0.1, -0.05) is 38.8 Å². The number of rotatable bonds is 2. The van der Waals surface area contributed by atoms with Crippen LogP contribution < -0.4 is 0 Å². The first kappa shape index (κ1) is 13.6. The summed E-state index contributed by atoms with van der Waals surface area (Å²) in [5, 5.41) is 0. The Morgan fingerprint density at radius 2 is 2.06 bits per heavy atom. The average Bonchev–Trinajstić information content (AvgIpc) is 2.65. The van der Waals surface area contributed by atoms with Gasteiger partial charge < -0.3 is 4.74 Å². The third-order valence-electron chi connectivity index (χ3n) is 5.92. The van der Waals surface area contributed by atoms with Gasteiger partial charge in [-0.25, -0.2) is 0 Å². The number of fused-ring (bicyclic) bond motifs is 1. The highest BCUT2D eigenvalue weighted by atomic mass is 16.5. The number of hydrogen-bond donors (Lipinski definition) is 0. The van der Waals surface area contributed by atoms with E-state index in [1.54, 1.807) is 0 Å². The number of ether oxygens (including phenoxy) is 1. The number of hydrogen-bond acceptors (Lipinski definition) is 2. The van der Waals surface area contributed by atoms with E-state index >= 15 is 0 Å². The minimum atomic E-state index is -0.424. The molecule has 18 heavy (non-hydrogen) atoms. The monoisotopic (exact) mass is 250 g/mol. The fraction of sp³-hybridized carbons (Fsp3) is 0.812. The van der Waals surface area contributed by atoms with E-state index < -0.39 is 5.41 Å². The molecule has 0 aromatic rings. The van der Waals surface area contributed by atoms with Crippen molar-refractivity contribution in [3.05, 3.63) is 12.2 Å². The molecule has 0 N–H and O–H groups in total. The molecule has 2 saturated carbocycles. The van der Waals surface area contributed by atoms with Crippen molar-refractivity contribution >= 4 is 5.97 Å². The lowest BCUT2D eigenvalue weighted by Gasteiger charge is -2.42. The van der Waals surface area contributed by atoms with Crippen molar-refractivity contribution in [1.29, 1.82) is 0 Å². The first-order valence-electron chi connectivity index (χ1n) is 7.11. The van der Waals surface area contributed by atoms with Gasteiger partial charge in [-0.15, -0.1) is 0 Å². The highest BCUT2D eigenvalue weighted by Crippen LogP contribution is 2.63. The van der Waals surface area contributed by atoms with Crippen molar-refractivity contribution in [3.63, 3.8) is 0 Å². The van der Waals surface area contributed by atoms with Crippen LogP contribution in [0.2, 0.25) is 0 Å². The molecule has 4 atom stereocenters. The van der Waals surface area contributed by atoms with E-state index in [-0.39, 0.29) is 11.4 Å². The van der Waals surface area contributed by atoms with Crippen molar-refractivity contribution in [2.45, 2.75) is 52.9 Å². The van der Waals surface area contributed by atoms with Crippen LogP contribution in [-0.2, 0) is 9.53 Å². The molecule has 2 aliphatic rings. The zero-order chi connectivity index (χ0) is 13.6. The van der Waals surface area contributed by atoms with Crippen LogP contribution in [0.5, 0.6) is 0 Å². The Bertz CT molecular complexity index is 373. The second-order valence-corrected chi connectivity index (χ2v) is 6.77. The Morgan fingerprint density at radius 3 is 2.56 bits per heavy atom. The normalized spacial score (nSPS) is 43.3. The quantitative estimate of drug-likeness (QED) is 0.548. The van der Waals surface area contributed by atoms with Gasteiger partial charge in [-0.2, -0.15) is 0 Å². The Balaban J connectivity index is 2.37. The Hall–Kier alpha value is -0.790. The van der Waals surface area contributed by atoms with Crippen molar-refractivity contribution in [2.24, 2.45) is 22.7 Å². The molecule has 2 nitrogen and oxygen atoms in total. The van der Waals surface area contributed by atoms with E-state index in [0.717, 1.165) is 18.4 Å². The predicted molar refractivity (Wildman–Crippen MR) is 73.1 cm³/mol. The zero-order valence-electron chi connectivity index (χ0n) is 12.2. The lowest BCUT2D eigenvalue weighted by Crippen LogP contribution is -2.35. The molecule has 102 valence electrons. The average molecular weight is 250 g/mol. The summed E-state index contributed by atoms with van der Waals surface area (Å²) < 4.78 is 5.09. The van der Waals surface area contributed by atoms with Crippen LogP contribution in [0.4, 0.5) is 0 Å². The lowest BCUT2D eigenvalue weighted by atomic mass is 9.63. The highest BCUT2D eigenvalue weighted by Gasteiger charge is 2.59. The molecule has 0 radical (unpaired) electrons. The van der Waals surface area contributed by atoms with Gasteiger partial charge in [0.15, 0.2) is 0 Å². The van der Waals surface area contributed by atoms with E-state index in [1.807, 2.05) is 6.92 Å². The van der Waals surface area contributed by atoms with Gasteiger partial charge in [0.1, 0.15) is 0 Å². The van der Waals surface area contributed by atoms with Gasteiger partial charge in [0.25, 0.3) is 0 Å². The molecule has 2 aliphatic carbocycles. The van der Waals surface area contributed by atoms with Gasteiger partial charge in [0.05, 0.1) is 12.5 Å². The smallest absolute Gasteiger partial charge is 0.315 e. The lowest BCUT2D eigenvalue weighted by molar-refractivity contribution is -0.150. The van der Waals surface area contributed by atoms with Gasteiger partial charge in [-0.3, -0.25) is 4.79 Å². The van der Waals surface area contributed by atoms with Crippen LogP contribution in [0.25, 0.3) is 0 Å². The maximum atomic E-state index is 12.3. The standard InChI is InChI=1S/C16H26O2/c1-11(2)16(14(17)18-5)9-13-8-6-7-12(3)15(13,4)10-16/h12-13H,1,6-10H2,2-5H3/t12-,13+,15+,16+/m0/s1. The summed E-state index contributed by atoms with van der Waals surface area (Å²) >= 11 is 0. The molecular formula is C16H26O2. The van der Waals surface area contributed by atoms with Gasteiger partial charge in [-0.05, 0) is 43.4 Å². The molecule has 0 amide bonds. The third kappa shape index (κ3) is 1.72. The minimum Gasteiger partial charge on any atom is -0.468 e. The van der Waals surface area contributed by atoms with Crippen LogP contribution in [0.1, 0.15) is 52.9 Å². The van der Waals surface area contributed by atoms with Gasteiger partial charge in [0.2, 0.25) is 0 Å². The Labute approximate surface area is 111 Å². The van der Waals surface area contributed by atoms with E-state index in [0.29, 0.717) is 11.8 Å². The number of esters is 1. The molecule has 0 aromatic heterocycles. The van der Waals surface area contributed by atoms with Crippen LogP contribution in [-0.4, -0.2) is 13.1 Å². The fourth-order valence-electron chi connectivity index (χ4n) is 4.38.